The summed E-state index contributed by atoms with van der Waals surface area (Å²) in [6.45, 7) is 3.06. The predicted octanol–water partition coefficient (Wildman–Crippen LogP) is 1.06. The summed E-state index contributed by atoms with van der Waals surface area (Å²) in [5, 5.41) is 0. The average Bonchev–Trinajstić information content (AvgIpc) is 1.82. The molecule has 1 fully saturated rings. The van der Waals surface area contributed by atoms with Crippen molar-refractivity contribution >= 4 is 0 Å². The summed E-state index contributed by atoms with van der Waals surface area (Å²) in [6, 6.07) is -0.0149. The molecule has 0 bridgehead atoms. The molecule has 0 aromatic rings. The zero-order valence-electron chi connectivity index (χ0n) is 7.39. The maximum absolute atomic E-state index is 12.8. The van der Waals surface area contributed by atoms with Gasteiger partial charge >= 0.3 is 0 Å². The molecule has 1 heterocycles. The van der Waals surface area contributed by atoms with Gasteiger partial charge in [0.1, 0.15) is 0 Å². The van der Waals surface area contributed by atoms with Gasteiger partial charge in [-0.3, -0.25) is 4.90 Å². The van der Waals surface area contributed by atoms with E-state index in [1.165, 1.54) is 0 Å². The molecule has 12 heavy (non-hydrogen) atoms. The second kappa shape index (κ2) is 3.66. The lowest BCUT2D eigenvalue weighted by Crippen LogP contribution is -2.46. The second-order valence-corrected chi connectivity index (χ2v) is 3.67. The Hall–Kier alpha value is -0.220. The highest BCUT2D eigenvalue weighted by atomic mass is 19.3. The first kappa shape index (κ1) is 9.86. The maximum Gasteiger partial charge on any atom is 0.260 e. The highest BCUT2D eigenvalue weighted by molar-refractivity contribution is 4.79. The van der Waals surface area contributed by atoms with E-state index in [1.54, 1.807) is 4.90 Å². The average molecular weight is 178 g/mol. The molecule has 1 unspecified atom stereocenters. The van der Waals surface area contributed by atoms with Gasteiger partial charge in [-0.1, -0.05) is 0 Å². The van der Waals surface area contributed by atoms with E-state index in [-0.39, 0.29) is 19.0 Å². The van der Waals surface area contributed by atoms with Gasteiger partial charge in [0.2, 0.25) is 0 Å². The second-order valence-electron chi connectivity index (χ2n) is 3.67. The molecular weight excluding hydrogens is 162 g/mol. The zero-order valence-corrected chi connectivity index (χ0v) is 7.39. The summed E-state index contributed by atoms with van der Waals surface area (Å²) in [5.74, 6) is -2.49. The number of piperidine rings is 1. The Bertz CT molecular complexity index is 148. The molecular formula is C8H16F2N2. The van der Waals surface area contributed by atoms with Gasteiger partial charge in [0, 0.05) is 19.0 Å². The fraction of sp³-hybridized carbons (Fsp3) is 1.00. The van der Waals surface area contributed by atoms with Gasteiger partial charge in [-0.15, -0.1) is 0 Å². The number of hydrogen-bond acceptors (Lipinski definition) is 2. The van der Waals surface area contributed by atoms with Crippen LogP contribution >= 0.6 is 0 Å². The summed E-state index contributed by atoms with van der Waals surface area (Å²) in [7, 11) is 0. The van der Waals surface area contributed by atoms with Crippen LogP contribution < -0.4 is 5.73 Å². The fourth-order valence-corrected chi connectivity index (χ4v) is 1.61. The van der Waals surface area contributed by atoms with E-state index in [1.807, 2.05) is 6.92 Å². The van der Waals surface area contributed by atoms with Crippen LogP contribution in [0.25, 0.3) is 0 Å². The van der Waals surface area contributed by atoms with Crippen LogP contribution in [-0.4, -0.2) is 36.5 Å². The lowest BCUT2D eigenvalue weighted by molar-refractivity contribution is -0.0645. The number of halogens is 2. The third-order valence-corrected chi connectivity index (χ3v) is 2.02. The van der Waals surface area contributed by atoms with Gasteiger partial charge in [0.05, 0.1) is 6.54 Å². The Morgan fingerprint density at radius 2 is 2.25 bits per heavy atom. The van der Waals surface area contributed by atoms with Crippen LogP contribution in [0.15, 0.2) is 0 Å². The third-order valence-electron chi connectivity index (χ3n) is 2.02. The maximum atomic E-state index is 12.8. The van der Waals surface area contributed by atoms with Crippen molar-refractivity contribution in [2.75, 3.05) is 19.6 Å². The molecule has 0 aromatic carbocycles. The van der Waals surface area contributed by atoms with E-state index < -0.39 is 5.92 Å². The van der Waals surface area contributed by atoms with Gasteiger partial charge < -0.3 is 5.73 Å². The molecule has 0 amide bonds. The summed E-state index contributed by atoms with van der Waals surface area (Å²) in [4.78, 5) is 1.74. The molecule has 72 valence electrons. The molecule has 1 atom stereocenters. The molecule has 0 saturated carbocycles. The molecule has 4 heteroatoms. The number of likely N-dealkylation sites (tertiary alicyclic amines) is 1. The van der Waals surface area contributed by atoms with Crippen molar-refractivity contribution in [3.63, 3.8) is 0 Å². The van der Waals surface area contributed by atoms with Crippen LogP contribution in [0.2, 0.25) is 0 Å². The van der Waals surface area contributed by atoms with Crippen LogP contribution in [0.3, 0.4) is 0 Å². The lowest BCUT2D eigenvalue weighted by Gasteiger charge is -2.33. The summed E-state index contributed by atoms with van der Waals surface area (Å²) in [5.41, 5.74) is 5.53. The highest BCUT2D eigenvalue weighted by Crippen LogP contribution is 2.26. The van der Waals surface area contributed by atoms with Crippen molar-refractivity contribution in [2.45, 2.75) is 31.7 Å². The van der Waals surface area contributed by atoms with Crippen LogP contribution in [0.1, 0.15) is 19.8 Å². The molecule has 1 saturated heterocycles. The smallest absolute Gasteiger partial charge is 0.260 e. The van der Waals surface area contributed by atoms with Crippen LogP contribution in [-0.2, 0) is 0 Å². The number of hydrogen-bond donors (Lipinski definition) is 1. The normalized spacial score (nSPS) is 27.0. The number of nitrogens with zero attached hydrogens (tertiary/aromatic N) is 1. The molecule has 1 rings (SSSR count). The monoisotopic (exact) mass is 178 g/mol. The predicted molar refractivity (Wildman–Crippen MR) is 44.3 cm³/mol. The van der Waals surface area contributed by atoms with Crippen molar-refractivity contribution in [1.82, 2.24) is 4.90 Å². The molecule has 0 aromatic heterocycles. The molecule has 1 aliphatic rings. The molecule has 2 N–H and O–H groups in total. The number of nitrogens with two attached hydrogens (primary N) is 1. The number of rotatable bonds is 2. The van der Waals surface area contributed by atoms with Gasteiger partial charge in [-0.05, 0) is 19.9 Å². The fourth-order valence-electron chi connectivity index (χ4n) is 1.61. The Morgan fingerprint density at radius 1 is 1.58 bits per heavy atom. The molecule has 0 spiro atoms. The van der Waals surface area contributed by atoms with E-state index >= 15 is 0 Å². The quantitative estimate of drug-likeness (QED) is 0.685. The SMILES string of the molecule is CC(N)CN1CCCC(F)(F)C1. The first-order valence-electron chi connectivity index (χ1n) is 4.35. The Labute approximate surface area is 71.7 Å². The summed E-state index contributed by atoms with van der Waals surface area (Å²) in [6.07, 6.45) is 0.613. The van der Waals surface area contributed by atoms with Gasteiger partial charge in [0.15, 0.2) is 0 Å². The topological polar surface area (TPSA) is 29.3 Å². The van der Waals surface area contributed by atoms with Crippen molar-refractivity contribution < 1.29 is 8.78 Å². The summed E-state index contributed by atoms with van der Waals surface area (Å²) < 4.78 is 25.6. The molecule has 0 aliphatic carbocycles. The van der Waals surface area contributed by atoms with E-state index in [0.717, 1.165) is 6.54 Å². The van der Waals surface area contributed by atoms with Crippen LogP contribution in [0.4, 0.5) is 8.78 Å². The molecule has 1 aliphatic heterocycles. The first-order valence-corrected chi connectivity index (χ1v) is 4.35. The van der Waals surface area contributed by atoms with Crippen molar-refractivity contribution in [1.29, 1.82) is 0 Å². The van der Waals surface area contributed by atoms with Crippen LogP contribution in [0, 0.1) is 0 Å². The number of alkyl halides is 2. The van der Waals surface area contributed by atoms with Crippen molar-refractivity contribution in [2.24, 2.45) is 5.73 Å². The minimum absolute atomic E-state index is 0.0149. The molecule has 2 nitrogen and oxygen atoms in total. The zero-order chi connectivity index (χ0) is 9.19. The van der Waals surface area contributed by atoms with E-state index in [2.05, 4.69) is 0 Å². The Kier molecular flexibility index (Phi) is 3.01. The summed E-state index contributed by atoms with van der Waals surface area (Å²) >= 11 is 0. The van der Waals surface area contributed by atoms with E-state index in [4.69, 9.17) is 5.73 Å². The van der Waals surface area contributed by atoms with Crippen molar-refractivity contribution in [3.05, 3.63) is 0 Å². The standard InChI is InChI=1S/C8H16F2N2/c1-7(11)5-12-4-2-3-8(9,10)6-12/h7H,2-6,11H2,1H3. The first-order chi connectivity index (χ1) is 5.49. The van der Waals surface area contributed by atoms with Gasteiger partial charge in [-0.25, -0.2) is 8.78 Å². The minimum atomic E-state index is -2.49. The van der Waals surface area contributed by atoms with Crippen LogP contribution in [0.5, 0.6) is 0 Å². The van der Waals surface area contributed by atoms with Gasteiger partial charge in [-0.2, -0.15) is 0 Å². The Morgan fingerprint density at radius 3 is 2.75 bits per heavy atom. The van der Waals surface area contributed by atoms with Crippen molar-refractivity contribution in [3.8, 4) is 0 Å². The third kappa shape index (κ3) is 3.03. The van der Waals surface area contributed by atoms with Gasteiger partial charge in [0.25, 0.3) is 5.92 Å². The van der Waals surface area contributed by atoms with E-state index in [9.17, 15) is 8.78 Å². The lowest BCUT2D eigenvalue weighted by atomic mass is 10.1. The largest absolute Gasteiger partial charge is 0.327 e. The minimum Gasteiger partial charge on any atom is -0.327 e. The Balaban J connectivity index is 2.36. The highest BCUT2D eigenvalue weighted by Gasteiger charge is 2.34. The molecule has 0 radical (unpaired) electrons. The van der Waals surface area contributed by atoms with E-state index in [0.29, 0.717) is 13.0 Å².